The summed E-state index contributed by atoms with van der Waals surface area (Å²) in [5.74, 6) is 0. The van der Waals surface area contributed by atoms with E-state index in [2.05, 4.69) is 392 Å². The second-order valence-electron chi connectivity index (χ2n) is 30.4. The fraction of sp³-hybridized carbons (Fsp3) is 0.0566. The van der Waals surface area contributed by atoms with Crippen LogP contribution in [0.5, 0.6) is 0 Å². The third kappa shape index (κ3) is 9.57. The Morgan fingerprint density at radius 3 is 0.991 bits per heavy atom. The van der Waals surface area contributed by atoms with Crippen LogP contribution in [0.2, 0.25) is 0 Å². The molecule has 107 heavy (non-hydrogen) atoms. The maximum absolute atomic E-state index is 6.43. The summed E-state index contributed by atoms with van der Waals surface area (Å²) in [7, 11) is 0. The normalized spacial score (nSPS) is 13.2. The second kappa shape index (κ2) is 24.2. The lowest BCUT2D eigenvalue weighted by molar-refractivity contribution is 0.662. The van der Waals surface area contributed by atoms with E-state index in [0.717, 1.165) is 16.6 Å². The molecule has 1 heterocycles. The molecule has 0 radical (unpaired) electrons. The summed E-state index contributed by atoms with van der Waals surface area (Å²) in [5, 5.41) is 20.1. The highest BCUT2D eigenvalue weighted by atomic mass is 16.3. The van der Waals surface area contributed by atoms with Crippen molar-refractivity contribution >= 4 is 97.3 Å². The maximum atomic E-state index is 6.43. The van der Waals surface area contributed by atoms with Gasteiger partial charge in [-0.15, -0.1) is 0 Å². The molecular weight excluding hydrogens is 1290 g/mol. The smallest absolute Gasteiger partial charge is 0.136 e. The van der Waals surface area contributed by atoms with Gasteiger partial charge < -0.3 is 4.42 Å². The average molecular weight is 1360 g/mol. The van der Waals surface area contributed by atoms with Gasteiger partial charge in [0.15, 0.2) is 0 Å². The van der Waals surface area contributed by atoms with Crippen LogP contribution in [0.25, 0.3) is 197 Å². The predicted octanol–water partition coefficient (Wildman–Crippen LogP) is 29.6. The van der Waals surface area contributed by atoms with Gasteiger partial charge >= 0.3 is 0 Å². The van der Waals surface area contributed by atoms with Crippen molar-refractivity contribution in [2.24, 2.45) is 0 Å². The molecule has 2 aliphatic rings. The number of hydrogen-bond acceptors (Lipinski definition) is 1. The molecule has 19 aromatic carbocycles. The number of rotatable bonds is 7. The summed E-state index contributed by atoms with van der Waals surface area (Å²) >= 11 is 0. The Bertz CT molecular complexity index is 7000. The van der Waals surface area contributed by atoms with E-state index in [9.17, 15) is 0 Å². The Hall–Kier alpha value is -13.2. The largest absolute Gasteiger partial charge is 0.456 e. The molecule has 0 aliphatic heterocycles. The topological polar surface area (TPSA) is 13.1 Å². The van der Waals surface area contributed by atoms with Crippen molar-refractivity contribution in [1.82, 2.24) is 0 Å². The van der Waals surface area contributed by atoms with Gasteiger partial charge in [0.2, 0.25) is 0 Å². The highest BCUT2D eigenvalue weighted by Crippen LogP contribution is 2.58. The Kier molecular flexibility index (Phi) is 14.1. The van der Waals surface area contributed by atoms with Crippen LogP contribution in [0.1, 0.15) is 49.9 Å². The van der Waals surface area contributed by atoms with E-state index in [4.69, 9.17) is 4.42 Å². The SMILES string of the molecule is CC1(C)c2ccc3ccccc3c2-c2cccc(-c3cccc(-c4c5ccccc5c(-c5ccc6oc7ccc8ccccc8c7c6c5)c5ccccc45)c3)c21.CC1(C)c2ccc3ccccc3c2-c2cccc(-c3cccc(-c4c5ccccc5c(-c5ccccc5-c5ccccc5)c5ccccc45)c3)c21. The minimum Gasteiger partial charge on any atom is -0.456 e. The molecule has 0 amide bonds. The van der Waals surface area contributed by atoms with Crippen LogP contribution in [0.15, 0.2) is 368 Å². The first-order valence-electron chi connectivity index (χ1n) is 37.5. The second-order valence-corrected chi connectivity index (χ2v) is 30.4. The third-order valence-electron chi connectivity index (χ3n) is 23.8. The zero-order valence-electron chi connectivity index (χ0n) is 60.0. The number of fused-ring (bicyclic) bond motifs is 19. The Morgan fingerprint density at radius 1 is 0.187 bits per heavy atom. The zero-order valence-corrected chi connectivity index (χ0v) is 60.0. The molecule has 0 saturated heterocycles. The molecule has 502 valence electrons. The van der Waals surface area contributed by atoms with E-state index in [1.54, 1.807) is 0 Å². The average Bonchev–Trinajstić information content (AvgIpc) is 1.61. The van der Waals surface area contributed by atoms with E-state index in [1.165, 1.54) is 203 Å². The Morgan fingerprint density at radius 2 is 0.514 bits per heavy atom. The molecular formula is C106H72O. The molecule has 0 unspecified atom stereocenters. The van der Waals surface area contributed by atoms with Gasteiger partial charge in [0.05, 0.1) is 0 Å². The van der Waals surface area contributed by atoms with Crippen LogP contribution in [-0.2, 0) is 10.8 Å². The van der Waals surface area contributed by atoms with Gasteiger partial charge in [-0.3, -0.25) is 0 Å². The molecule has 1 heteroatoms. The summed E-state index contributed by atoms with van der Waals surface area (Å²) in [6.07, 6.45) is 0. The Labute approximate surface area is 622 Å². The van der Waals surface area contributed by atoms with Crippen molar-refractivity contribution in [3.63, 3.8) is 0 Å². The van der Waals surface area contributed by atoms with Crippen LogP contribution < -0.4 is 0 Å². The van der Waals surface area contributed by atoms with E-state index in [1.807, 2.05) is 0 Å². The fourth-order valence-electron chi connectivity index (χ4n) is 19.2. The molecule has 1 aromatic heterocycles. The number of hydrogen-bond donors (Lipinski definition) is 0. The minimum absolute atomic E-state index is 0.130. The van der Waals surface area contributed by atoms with Gasteiger partial charge in [0.1, 0.15) is 11.2 Å². The van der Waals surface area contributed by atoms with Crippen molar-refractivity contribution in [2.45, 2.75) is 38.5 Å². The molecule has 1 nitrogen and oxygen atoms in total. The van der Waals surface area contributed by atoms with Crippen LogP contribution in [0.4, 0.5) is 0 Å². The Balaban J connectivity index is 0.000000138. The monoisotopic (exact) mass is 1360 g/mol. The van der Waals surface area contributed by atoms with Crippen molar-refractivity contribution in [3.8, 4) is 100 Å². The van der Waals surface area contributed by atoms with Gasteiger partial charge in [-0.2, -0.15) is 0 Å². The van der Waals surface area contributed by atoms with Crippen molar-refractivity contribution in [1.29, 1.82) is 0 Å². The summed E-state index contributed by atoms with van der Waals surface area (Å²) in [4.78, 5) is 0. The van der Waals surface area contributed by atoms with Crippen molar-refractivity contribution in [3.05, 3.63) is 386 Å². The van der Waals surface area contributed by atoms with E-state index in [-0.39, 0.29) is 10.8 Å². The molecule has 0 fully saturated rings. The molecule has 22 rings (SSSR count). The lowest BCUT2D eigenvalue weighted by atomic mass is 9.78. The fourth-order valence-corrected chi connectivity index (χ4v) is 19.2. The van der Waals surface area contributed by atoms with E-state index in [0.29, 0.717) is 0 Å². The first-order valence-corrected chi connectivity index (χ1v) is 37.5. The van der Waals surface area contributed by atoms with Crippen molar-refractivity contribution in [2.75, 3.05) is 0 Å². The lowest BCUT2D eigenvalue weighted by Crippen LogP contribution is -2.16. The summed E-state index contributed by atoms with van der Waals surface area (Å²) in [6, 6.07) is 134. The van der Waals surface area contributed by atoms with Gasteiger partial charge in [-0.25, -0.2) is 0 Å². The summed E-state index contributed by atoms with van der Waals surface area (Å²) in [6.45, 7) is 9.58. The van der Waals surface area contributed by atoms with Gasteiger partial charge in [-0.05, 0) is 228 Å². The molecule has 0 bridgehead atoms. The number of benzene rings is 19. The summed E-state index contributed by atoms with van der Waals surface area (Å²) in [5.41, 5.74) is 30.2. The standard InChI is InChI=1S/C55H36O.C51H36/c1-55(2)47-28-25-33-13-3-5-17-38(33)52(47)45-24-12-23-40(54(45)55)35-15-11-16-36(31-35)50-41-19-7-9-21-43(41)51(44-22-10-8-20-42(44)50)37-27-29-48-46(32-37)53-39-18-6-4-14-34(39)26-30-49(53)56-48;1-51(2)46-31-30-34-18-6-7-22-38(34)49(46)45-29-15-28-39(50(45)51)35-19-14-20-36(32-35)47-41-24-10-12-26-43(41)48(44-27-13-11-25-42(44)47)40-23-9-8-21-37(40)33-16-4-3-5-17-33/h3-32H,1-2H3;3-32H,1-2H3. The van der Waals surface area contributed by atoms with Gasteiger partial charge in [0, 0.05) is 21.6 Å². The van der Waals surface area contributed by atoms with Gasteiger partial charge in [-0.1, -0.05) is 361 Å². The zero-order chi connectivity index (χ0) is 71.2. The highest BCUT2D eigenvalue weighted by Gasteiger charge is 2.40. The predicted molar refractivity (Wildman–Crippen MR) is 456 cm³/mol. The number of furan rings is 1. The van der Waals surface area contributed by atoms with Crippen LogP contribution in [0, 0.1) is 0 Å². The minimum atomic E-state index is -0.143. The molecule has 0 saturated carbocycles. The quantitative estimate of drug-likeness (QED) is 0.145. The first kappa shape index (κ1) is 62.4. The summed E-state index contributed by atoms with van der Waals surface area (Å²) < 4.78 is 6.43. The molecule has 0 atom stereocenters. The van der Waals surface area contributed by atoms with Gasteiger partial charge in [0.25, 0.3) is 0 Å². The molecule has 2 aliphatic carbocycles. The van der Waals surface area contributed by atoms with Crippen LogP contribution in [-0.4, -0.2) is 0 Å². The first-order chi connectivity index (χ1) is 52.6. The third-order valence-corrected chi connectivity index (χ3v) is 23.8. The molecule has 20 aromatic rings. The van der Waals surface area contributed by atoms with Crippen molar-refractivity contribution < 1.29 is 4.42 Å². The van der Waals surface area contributed by atoms with E-state index < -0.39 is 0 Å². The van der Waals surface area contributed by atoms with Crippen LogP contribution >= 0.6 is 0 Å². The molecule has 0 spiro atoms. The lowest BCUT2D eigenvalue weighted by Gasteiger charge is -2.25. The molecule has 0 N–H and O–H groups in total. The maximum Gasteiger partial charge on any atom is 0.136 e. The highest BCUT2D eigenvalue weighted by molar-refractivity contribution is 6.25. The van der Waals surface area contributed by atoms with E-state index >= 15 is 0 Å². The van der Waals surface area contributed by atoms with Crippen LogP contribution in [0.3, 0.4) is 0 Å².